The topological polar surface area (TPSA) is 80.9 Å². The first kappa shape index (κ1) is 20.8. The molecule has 6 heteroatoms. The maximum absolute atomic E-state index is 12.3. The highest BCUT2D eigenvalue weighted by atomic mass is 16.5. The van der Waals surface area contributed by atoms with Gasteiger partial charge < -0.3 is 9.15 Å². The average Bonchev–Trinajstić information content (AvgIpc) is 3.33. The number of fused-ring (bicyclic) bond motifs is 1. The van der Waals surface area contributed by atoms with Crippen molar-refractivity contribution in [2.75, 3.05) is 0 Å². The van der Waals surface area contributed by atoms with Crippen LogP contribution in [0.3, 0.4) is 0 Å². The number of hydrogen-bond donors (Lipinski definition) is 1. The van der Waals surface area contributed by atoms with E-state index >= 15 is 0 Å². The van der Waals surface area contributed by atoms with Crippen molar-refractivity contribution in [2.45, 2.75) is 6.42 Å². The first-order chi connectivity index (χ1) is 15.7. The van der Waals surface area contributed by atoms with Crippen molar-refractivity contribution in [1.82, 2.24) is 5.43 Å². The van der Waals surface area contributed by atoms with E-state index in [1.54, 1.807) is 36.4 Å². The fraction of sp³-hybridized carbons (Fsp3) is 0.0385. The van der Waals surface area contributed by atoms with Gasteiger partial charge in [0.1, 0.15) is 11.5 Å². The van der Waals surface area contributed by atoms with Crippen LogP contribution in [0.4, 0.5) is 0 Å². The molecule has 1 amide bonds. The van der Waals surface area contributed by atoms with E-state index in [4.69, 9.17) is 9.15 Å². The summed E-state index contributed by atoms with van der Waals surface area (Å²) >= 11 is 0. The van der Waals surface area contributed by atoms with Gasteiger partial charge >= 0.3 is 5.97 Å². The molecule has 1 aromatic heterocycles. The number of nitrogens with one attached hydrogen (secondary N) is 1. The molecular weight excluding hydrogens is 404 g/mol. The number of furan rings is 1. The zero-order valence-electron chi connectivity index (χ0n) is 17.1. The van der Waals surface area contributed by atoms with Crippen LogP contribution in [0.5, 0.6) is 5.75 Å². The summed E-state index contributed by atoms with van der Waals surface area (Å²) in [5.41, 5.74) is 4.25. The quantitative estimate of drug-likeness (QED) is 0.153. The van der Waals surface area contributed by atoms with Gasteiger partial charge in [0.25, 0.3) is 0 Å². The lowest BCUT2D eigenvalue weighted by Gasteiger charge is -2.05. The second-order valence-corrected chi connectivity index (χ2v) is 6.95. The number of amides is 1. The Balaban J connectivity index is 1.29. The van der Waals surface area contributed by atoms with Crippen molar-refractivity contribution in [3.8, 4) is 5.75 Å². The van der Waals surface area contributed by atoms with Gasteiger partial charge in [0.05, 0.1) is 18.9 Å². The first-order valence-electron chi connectivity index (χ1n) is 9.99. The summed E-state index contributed by atoms with van der Waals surface area (Å²) in [5.74, 6) is 0.252. The number of hydrazone groups is 1. The second kappa shape index (κ2) is 10.0. The number of carbonyl (C=O) groups is 2. The van der Waals surface area contributed by atoms with E-state index in [1.807, 2.05) is 42.5 Å². The third kappa shape index (κ3) is 5.58. The fourth-order valence-electron chi connectivity index (χ4n) is 3.15. The van der Waals surface area contributed by atoms with Crippen LogP contribution in [-0.2, 0) is 16.0 Å². The molecule has 1 heterocycles. The summed E-state index contributed by atoms with van der Waals surface area (Å²) < 4.78 is 10.3. The van der Waals surface area contributed by atoms with Gasteiger partial charge in [-0.3, -0.25) is 4.79 Å². The molecule has 0 bridgehead atoms. The van der Waals surface area contributed by atoms with E-state index in [1.165, 1.54) is 24.6 Å². The molecule has 0 fully saturated rings. The van der Waals surface area contributed by atoms with Crippen LogP contribution in [0, 0.1) is 0 Å². The Morgan fingerprint density at radius 2 is 1.75 bits per heavy atom. The zero-order chi connectivity index (χ0) is 22.2. The number of hydrogen-bond acceptors (Lipinski definition) is 5. The smallest absolute Gasteiger partial charge is 0.336 e. The molecule has 158 valence electrons. The molecular formula is C26H20N2O4. The Hall–Kier alpha value is -4.45. The van der Waals surface area contributed by atoms with E-state index < -0.39 is 5.97 Å². The molecule has 1 N–H and O–H groups in total. The van der Waals surface area contributed by atoms with Crippen LogP contribution >= 0.6 is 0 Å². The summed E-state index contributed by atoms with van der Waals surface area (Å²) in [6.07, 6.45) is 6.11. The van der Waals surface area contributed by atoms with Crippen molar-refractivity contribution in [1.29, 1.82) is 0 Å². The summed E-state index contributed by atoms with van der Waals surface area (Å²) in [6, 6.07) is 24.1. The largest absolute Gasteiger partial charge is 0.465 e. The molecule has 0 atom stereocenters. The average molecular weight is 424 g/mol. The SMILES string of the molecule is O=C(Cc1cccc2ccccc12)NN=Cc1ccc(OC(=O)C=Cc2ccco2)cc1. The molecule has 0 unspecified atom stereocenters. The lowest BCUT2D eigenvalue weighted by atomic mass is 10.0. The fourth-order valence-corrected chi connectivity index (χ4v) is 3.15. The van der Waals surface area contributed by atoms with Gasteiger partial charge in [-0.15, -0.1) is 0 Å². The highest BCUT2D eigenvalue weighted by Crippen LogP contribution is 2.19. The number of carbonyl (C=O) groups excluding carboxylic acids is 2. The zero-order valence-corrected chi connectivity index (χ0v) is 17.1. The lowest BCUT2D eigenvalue weighted by Crippen LogP contribution is -2.19. The first-order valence-corrected chi connectivity index (χ1v) is 9.99. The molecule has 6 nitrogen and oxygen atoms in total. The predicted octanol–water partition coefficient (Wildman–Crippen LogP) is 4.74. The molecule has 0 radical (unpaired) electrons. The molecule has 4 aromatic rings. The highest BCUT2D eigenvalue weighted by molar-refractivity contribution is 5.91. The number of esters is 1. The second-order valence-electron chi connectivity index (χ2n) is 6.95. The van der Waals surface area contributed by atoms with E-state index in [0.717, 1.165) is 21.9 Å². The van der Waals surface area contributed by atoms with Crippen molar-refractivity contribution < 1.29 is 18.7 Å². The van der Waals surface area contributed by atoms with Gasteiger partial charge in [-0.2, -0.15) is 5.10 Å². The normalized spacial score (nSPS) is 11.2. The summed E-state index contributed by atoms with van der Waals surface area (Å²) in [4.78, 5) is 24.1. The lowest BCUT2D eigenvalue weighted by molar-refractivity contribution is -0.129. The molecule has 0 aliphatic heterocycles. The van der Waals surface area contributed by atoms with Crippen LogP contribution in [0.1, 0.15) is 16.9 Å². The molecule has 0 aliphatic carbocycles. The minimum absolute atomic E-state index is 0.202. The number of benzene rings is 3. The van der Waals surface area contributed by atoms with Crippen LogP contribution in [0.15, 0.2) is 101 Å². The van der Waals surface area contributed by atoms with E-state index in [0.29, 0.717) is 11.5 Å². The molecule has 0 saturated heterocycles. The van der Waals surface area contributed by atoms with Crippen molar-refractivity contribution >= 4 is 34.9 Å². The van der Waals surface area contributed by atoms with Crippen molar-refractivity contribution in [3.05, 3.63) is 108 Å². The third-order valence-corrected chi connectivity index (χ3v) is 4.66. The Bertz CT molecular complexity index is 1270. The van der Waals surface area contributed by atoms with Crippen LogP contribution < -0.4 is 10.2 Å². The maximum atomic E-state index is 12.3. The van der Waals surface area contributed by atoms with Gasteiger partial charge in [-0.05, 0) is 64.4 Å². The molecule has 4 rings (SSSR count). The molecule has 0 aliphatic rings. The third-order valence-electron chi connectivity index (χ3n) is 4.66. The predicted molar refractivity (Wildman–Crippen MR) is 123 cm³/mol. The Kier molecular flexibility index (Phi) is 6.53. The minimum atomic E-state index is -0.511. The standard InChI is InChI=1S/C26H20N2O4/c29-25(17-21-7-3-6-20-5-1-2-9-24(20)21)28-27-18-19-10-12-23(13-11-19)32-26(30)15-14-22-8-4-16-31-22/h1-16,18H,17H2,(H,28,29). The van der Waals surface area contributed by atoms with Crippen molar-refractivity contribution in [3.63, 3.8) is 0 Å². The van der Waals surface area contributed by atoms with Gasteiger partial charge in [-0.25, -0.2) is 10.2 Å². The molecule has 32 heavy (non-hydrogen) atoms. The molecule has 0 spiro atoms. The maximum Gasteiger partial charge on any atom is 0.336 e. The molecule has 0 saturated carbocycles. The monoisotopic (exact) mass is 424 g/mol. The number of ether oxygens (including phenoxy) is 1. The van der Waals surface area contributed by atoms with E-state index in [2.05, 4.69) is 10.5 Å². The van der Waals surface area contributed by atoms with Gasteiger partial charge in [0.15, 0.2) is 0 Å². The van der Waals surface area contributed by atoms with E-state index in [-0.39, 0.29) is 12.3 Å². The highest BCUT2D eigenvalue weighted by Gasteiger charge is 2.06. The Morgan fingerprint density at radius 1 is 0.938 bits per heavy atom. The molecule has 3 aromatic carbocycles. The van der Waals surface area contributed by atoms with Gasteiger partial charge in [-0.1, -0.05) is 42.5 Å². The van der Waals surface area contributed by atoms with Gasteiger partial charge in [0, 0.05) is 6.08 Å². The minimum Gasteiger partial charge on any atom is -0.465 e. The van der Waals surface area contributed by atoms with Crippen LogP contribution in [0.25, 0.3) is 16.8 Å². The number of rotatable bonds is 7. The summed E-state index contributed by atoms with van der Waals surface area (Å²) in [5, 5.41) is 6.16. The number of nitrogens with zero attached hydrogens (tertiary/aromatic N) is 1. The van der Waals surface area contributed by atoms with Crippen LogP contribution in [-0.4, -0.2) is 18.1 Å². The van der Waals surface area contributed by atoms with E-state index in [9.17, 15) is 9.59 Å². The van der Waals surface area contributed by atoms with Gasteiger partial charge in [0.2, 0.25) is 5.91 Å². The summed E-state index contributed by atoms with van der Waals surface area (Å²) in [7, 11) is 0. The summed E-state index contributed by atoms with van der Waals surface area (Å²) in [6.45, 7) is 0. The Labute approximate surface area is 184 Å². The van der Waals surface area contributed by atoms with Crippen LogP contribution in [0.2, 0.25) is 0 Å². The Morgan fingerprint density at radius 3 is 2.56 bits per heavy atom. The van der Waals surface area contributed by atoms with Crippen molar-refractivity contribution in [2.24, 2.45) is 5.10 Å².